The number of oxime groups is 1. The number of aryl methyl sites for hydroxylation is 1. The smallest absolute Gasteiger partial charge is 0.401 e. The van der Waals surface area contributed by atoms with Crippen molar-refractivity contribution in [2.45, 2.75) is 19.0 Å². The average molecular weight is 291 g/mol. The van der Waals surface area contributed by atoms with Crippen LogP contribution in [0.2, 0.25) is 0 Å². The summed E-state index contributed by atoms with van der Waals surface area (Å²) < 4.78 is 42.7. The molecule has 0 bridgehead atoms. The number of rotatable bonds is 7. The minimum atomic E-state index is -4.60. The summed E-state index contributed by atoms with van der Waals surface area (Å²) in [5, 5.41) is 10.7. The Hall–Kier alpha value is -1.83. The fourth-order valence-corrected chi connectivity index (χ4v) is 1.55. The van der Waals surface area contributed by atoms with E-state index in [1.807, 2.05) is 12.1 Å². The van der Waals surface area contributed by atoms with Crippen LogP contribution in [-0.4, -0.2) is 35.4 Å². The van der Waals surface area contributed by atoms with Crippen molar-refractivity contribution < 1.29 is 23.1 Å². The number of alkyl halides is 3. The first kappa shape index (κ1) is 16.2. The van der Waals surface area contributed by atoms with E-state index in [0.717, 1.165) is 5.56 Å². The van der Waals surface area contributed by atoms with E-state index < -0.39 is 24.5 Å². The first-order chi connectivity index (χ1) is 9.45. The van der Waals surface area contributed by atoms with Crippen LogP contribution in [-0.2, 0) is 11.2 Å². The van der Waals surface area contributed by atoms with Gasteiger partial charge in [-0.3, -0.25) is 4.98 Å². The first-order valence-corrected chi connectivity index (χ1v) is 5.96. The quantitative estimate of drug-likeness (QED) is 0.264. The predicted octanol–water partition coefficient (Wildman–Crippen LogP) is 1.96. The molecule has 0 fully saturated rings. The van der Waals surface area contributed by atoms with Gasteiger partial charge in [-0.2, -0.15) is 13.2 Å². The zero-order valence-electron chi connectivity index (χ0n) is 10.7. The van der Waals surface area contributed by atoms with Gasteiger partial charge >= 0.3 is 6.18 Å². The Morgan fingerprint density at radius 2 is 2.05 bits per heavy atom. The summed E-state index contributed by atoms with van der Waals surface area (Å²) in [6.07, 6.45) is -0.0441. The second-order valence-electron chi connectivity index (χ2n) is 4.15. The van der Waals surface area contributed by atoms with E-state index in [1.54, 1.807) is 12.4 Å². The maximum Gasteiger partial charge on any atom is 0.401 e. The van der Waals surface area contributed by atoms with Crippen molar-refractivity contribution in [3.63, 3.8) is 0 Å². The SMILES string of the molecule is N/C(=N/O)C(COCCCc1ccncc1)C(F)(F)F. The minimum Gasteiger partial charge on any atom is -0.409 e. The molecule has 0 aromatic carbocycles. The molecule has 1 aromatic heterocycles. The van der Waals surface area contributed by atoms with E-state index >= 15 is 0 Å². The Morgan fingerprint density at radius 1 is 1.40 bits per heavy atom. The third-order valence-electron chi connectivity index (χ3n) is 2.66. The highest BCUT2D eigenvalue weighted by molar-refractivity contribution is 5.83. The summed E-state index contributed by atoms with van der Waals surface area (Å²) in [5.41, 5.74) is 6.04. The molecule has 0 aliphatic carbocycles. The zero-order valence-corrected chi connectivity index (χ0v) is 10.7. The Morgan fingerprint density at radius 3 is 2.60 bits per heavy atom. The van der Waals surface area contributed by atoms with Crippen LogP contribution < -0.4 is 5.73 Å². The van der Waals surface area contributed by atoms with E-state index in [0.29, 0.717) is 12.8 Å². The largest absolute Gasteiger partial charge is 0.409 e. The molecule has 20 heavy (non-hydrogen) atoms. The van der Waals surface area contributed by atoms with E-state index in [2.05, 4.69) is 10.1 Å². The van der Waals surface area contributed by atoms with Gasteiger partial charge in [-0.15, -0.1) is 0 Å². The van der Waals surface area contributed by atoms with Gasteiger partial charge in [0.2, 0.25) is 0 Å². The van der Waals surface area contributed by atoms with E-state index in [4.69, 9.17) is 15.7 Å². The number of nitrogens with two attached hydrogens (primary N) is 1. The molecule has 1 rings (SSSR count). The van der Waals surface area contributed by atoms with Crippen LogP contribution in [0, 0.1) is 5.92 Å². The Kier molecular flexibility index (Phi) is 6.23. The van der Waals surface area contributed by atoms with E-state index in [1.165, 1.54) is 0 Å². The van der Waals surface area contributed by atoms with Crippen LogP contribution in [0.1, 0.15) is 12.0 Å². The number of pyridine rings is 1. The van der Waals surface area contributed by atoms with Gasteiger partial charge in [0, 0.05) is 19.0 Å². The highest BCUT2D eigenvalue weighted by Gasteiger charge is 2.43. The monoisotopic (exact) mass is 291 g/mol. The van der Waals surface area contributed by atoms with Crippen molar-refractivity contribution >= 4 is 5.84 Å². The lowest BCUT2D eigenvalue weighted by atomic mass is 10.1. The maximum absolute atomic E-state index is 12.6. The molecule has 0 radical (unpaired) electrons. The van der Waals surface area contributed by atoms with Crippen LogP contribution in [0.5, 0.6) is 0 Å². The van der Waals surface area contributed by atoms with Gasteiger partial charge in [0.15, 0.2) is 5.84 Å². The Bertz CT molecular complexity index is 424. The molecular formula is C12H16F3N3O2. The molecule has 0 aliphatic heterocycles. The van der Waals surface area contributed by atoms with E-state index in [-0.39, 0.29) is 6.61 Å². The summed E-state index contributed by atoms with van der Waals surface area (Å²) in [6, 6.07) is 3.66. The molecule has 0 amide bonds. The number of halogens is 3. The normalized spacial score (nSPS) is 14.2. The standard InChI is InChI=1S/C12H16F3N3O2/c13-12(14,15)10(11(16)18-19)8-20-7-1-2-9-3-5-17-6-4-9/h3-6,10,19H,1-2,7-8H2,(H2,16,18). The van der Waals surface area contributed by atoms with E-state index in [9.17, 15) is 13.2 Å². The lowest BCUT2D eigenvalue weighted by Crippen LogP contribution is -2.39. The Labute approximate surface area is 114 Å². The molecule has 0 spiro atoms. The molecule has 1 atom stereocenters. The van der Waals surface area contributed by atoms with Gasteiger partial charge < -0.3 is 15.7 Å². The summed E-state index contributed by atoms with van der Waals surface area (Å²) in [5.74, 6) is -2.99. The van der Waals surface area contributed by atoms with Crippen LogP contribution in [0.3, 0.4) is 0 Å². The van der Waals surface area contributed by atoms with Crippen molar-refractivity contribution in [2.24, 2.45) is 16.8 Å². The van der Waals surface area contributed by atoms with Gasteiger partial charge in [0.05, 0.1) is 6.61 Å². The third kappa shape index (κ3) is 5.43. The summed E-state index contributed by atoms with van der Waals surface area (Å²) >= 11 is 0. The third-order valence-corrected chi connectivity index (χ3v) is 2.66. The Balaban J connectivity index is 2.31. The van der Waals surface area contributed by atoms with Crippen molar-refractivity contribution in [1.29, 1.82) is 0 Å². The maximum atomic E-state index is 12.6. The predicted molar refractivity (Wildman–Crippen MR) is 66.3 cm³/mol. The van der Waals surface area contributed by atoms with Crippen LogP contribution in [0.4, 0.5) is 13.2 Å². The molecule has 5 nitrogen and oxygen atoms in total. The molecule has 3 N–H and O–H groups in total. The molecule has 0 saturated carbocycles. The number of hydrogen-bond acceptors (Lipinski definition) is 4. The second-order valence-corrected chi connectivity index (χ2v) is 4.15. The van der Waals surface area contributed by atoms with Crippen LogP contribution >= 0.6 is 0 Å². The topological polar surface area (TPSA) is 80.7 Å². The molecule has 1 unspecified atom stereocenters. The summed E-state index contributed by atoms with van der Waals surface area (Å²) in [7, 11) is 0. The van der Waals surface area contributed by atoms with Gasteiger partial charge in [-0.05, 0) is 30.5 Å². The molecule has 0 saturated heterocycles. The fraction of sp³-hybridized carbons (Fsp3) is 0.500. The summed E-state index contributed by atoms with van der Waals surface area (Å²) in [4.78, 5) is 3.86. The fourth-order valence-electron chi connectivity index (χ4n) is 1.55. The molecule has 0 aliphatic rings. The highest BCUT2D eigenvalue weighted by Crippen LogP contribution is 2.26. The van der Waals surface area contributed by atoms with Crippen LogP contribution in [0.25, 0.3) is 0 Å². The molecule has 1 heterocycles. The zero-order chi connectivity index (χ0) is 15.0. The molecule has 112 valence electrons. The van der Waals surface area contributed by atoms with Gasteiger partial charge in [-0.1, -0.05) is 5.16 Å². The van der Waals surface area contributed by atoms with Crippen molar-refractivity contribution in [3.05, 3.63) is 30.1 Å². The van der Waals surface area contributed by atoms with Crippen molar-refractivity contribution in [3.8, 4) is 0 Å². The highest BCUT2D eigenvalue weighted by atomic mass is 19.4. The number of amidine groups is 1. The second kappa shape index (κ2) is 7.68. The number of hydrogen-bond donors (Lipinski definition) is 2. The van der Waals surface area contributed by atoms with Crippen molar-refractivity contribution in [2.75, 3.05) is 13.2 Å². The summed E-state index contributed by atoms with van der Waals surface area (Å²) in [6.45, 7) is -0.497. The lowest BCUT2D eigenvalue weighted by Gasteiger charge is -2.18. The molecule has 8 heteroatoms. The van der Waals surface area contributed by atoms with Gasteiger partial charge in [0.1, 0.15) is 5.92 Å². The minimum absolute atomic E-state index is 0.160. The van der Waals surface area contributed by atoms with Crippen molar-refractivity contribution in [1.82, 2.24) is 4.98 Å². The van der Waals surface area contributed by atoms with Crippen LogP contribution in [0.15, 0.2) is 29.7 Å². The lowest BCUT2D eigenvalue weighted by molar-refractivity contribution is -0.168. The van der Waals surface area contributed by atoms with Gasteiger partial charge in [-0.25, -0.2) is 0 Å². The average Bonchev–Trinajstić information content (AvgIpc) is 2.41. The number of nitrogens with zero attached hydrogens (tertiary/aromatic N) is 2. The van der Waals surface area contributed by atoms with Gasteiger partial charge in [0.25, 0.3) is 0 Å². The first-order valence-electron chi connectivity index (χ1n) is 5.96. The number of aromatic nitrogens is 1. The molecule has 1 aromatic rings. The number of ether oxygens (including phenoxy) is 1. The molecular weight excluding hydrogens is 275 g/mol.